The van der Waals surface area contributed by atoms with Crippen molar-refractivity contribution in [1.29, 1.82) is 0 Å². The Kier molecular flexibility index (Phi) is 2.40. The normalized spacial score (nSPS) is 35.7. The Balaban J connectivity index is 1.96. The zero-order valence-corrected chi connectivity index (χ0v) is 10.1. The molecule has 0 amide bonds. The summed E-state index contributed by atoms with van der Waals surface area (Å²) in [5.41, 5.74) is 6.89. The highest BCUT2D eigenvalue weighted by atomic mass is 19.1. The molecule has 1 aliphatic heterocycles. The van der Waals surface area contributed by atoms with Crippen LogP contribution < -0.4 is 10.5 Å². The van der Waals surface area contributed by atoms with E-state index < -0.39 is 0 Å². The highest BCUT2D eigenvalue weighted by Gasteiger charge is 2.44. The molecular weight excluding hydrogens is 217 g/mol. The number of benzene rings is 1. The van der Waals surface area contributed by atoms with Crippen molar-refractivity contribution in [3.05, 3.63) is 29.6 Å². The van der Waals surface area contributed by atoms with E-state index in [0.717, 1.165) is 30.6 Å². The maximum atomic E-state index is 13.2. The molecule has 1 saturated carbocycles. The zero-order valence-electron chi connectivity index (χ0n) is 10.1. The molecule has 3 atom stereocenters. The fraction of sp³-hybridized carbons (Fsp3) is 0.571. The first-order chi connectivity index (χ1) is 8.08. The predicted molar refractivity (Wildman–Crippen MR) is 64.3 cm³/mol. The van der Waals surface area contributed by atoms with Gasteiger partial charge in [0.2, 0.25) is 0 Å². The van der Waals surface area contributed by atoms with Crippen LogP contribution in [0.4, 0.5) is 4.39 Å². The summed E-state index contributed by atoms with van der Waals surface area (Å²) in [5, 5.41) is 0. The maximum absolute atomic E-state index is 13.2. The molecule has 1 heterocycles. The third kappa shape index (κ3) is 1.82. The van der Waals surface area contributed by atoms with Crippen LogP contribution in [0.3, 0.4) is 0 Å². The summed E-state index contributed by atoms with van der Waals surface area (Å²) in [6.07, 6.45) is 4.15. The van der Waals surface area contributed by atoms with Gasteiger partial charge in [-0.1, -0.05) is 6.92 Å². The Morgan fingerprint density at radius 2 is 2.24 bits per heavy atom. The predicted octanol–water partition coefficient (Wildman–Crippen LogP) is 3.17. The van der Waals surface area contributed by atoms with Crippen molar-refractivity contribution >= 4 is 0 Å². The van der Waals surface area contributed by atoms with Crippen LogP contribution >= 0.6 is 0 Å². The summed E-state index contributed by atoms with van der Waals surface area (Å²) < 4.78 is 19.3. The summed E-state index contributed by atoms with van der Waals surface area (Å²) in [4.78, 5) is 0. The Morgan fingerprint density at radius 1 is 1.41 bits per heavy atom. The standard InChI is InChI=1S/C14H18FNO/c1-9-4-5-14(7-9)8-12(16)11-6-10(15)2-3-13(11)17-14/h2-3,6,9,12H,4-5,7-8,16H2,1H3. The van der Waals surface area contributed by atoms with Crippen LogP contribution in [0.1, 0.15) is 44.2 Å². The molecule has 1 aromatic rings. The first-order valence-electron chi connectivity index (χ1n) is 6.32. The van der Waals surface area contributed by atoms with Crippen molar-refractivity contribution < 1.29 is 9.13 Å². The molecule has 1 aliphatic carbocycles. The lowest BCUT2D eigenvalue weighted by Crippen LogP contribution is -2.40. The third-order valence-corrected chi connectivity index (χ3v) is 4.10. The summed E-state index contributed by atoms with van der Waals surface area (Å²) in [5.74, 6) is 1.24. The average Bonchev–Trinajstić information content (AvgIpc) is 2.61. The fourth-order valence-corrected chi connectivity index (χ4v) is 3.31. The summed E-state index contributed by atoms with van der Waals surface area (Å²) in [7, 11) is 0. The SMILES string of the molecule is CC1CCC2(C1)CC(N)c1cc(F)ccc1O2. The number of ether oxygens (including phenoxy) is 1. The molecule has 17 heavy (non-hydrogen) atoms. The van der Waals surface area contributed by atoms with Crippen LogP contribution in [0, 0.1) is 11.7 Å². The van der Waals surface area contributed by atoms with Gasteiger partial charge in [0.15, 0.2) is 0 Å². The van der Waals surface area contributed by atoms with Crippen LogP contribution in [0.15, 0.2) is 18.2 Å². The van der Waals surface area contributed by atoms with E-state index in [0.29, 0.717) is 5.92 Å². The van der Waals surface area contributed by atoms with Gasteiger partial charge in [-0.05, 0) is 43.4 Å². The lowest BCUT2D eigenvalue weighted by atomic mass is 9.86. The molecule has 92 valence electrons. The highest BCUT2D eigenvalue weighted by molar-refractivity contribution is 5.39. The Bertz CT molecular complexity index is 448. The quantitative estimate of drug-likeness (QED) is 0.749. The van der Waals surface area contributed by atoms with Gasteiger partial charge in [0.25, 0.3) is 0 Å². The van der Waals surface area contributed by atoms with Gasteiger partial charge in [0, 0.05) is 18.0 Å². The van der Waals surface area contributed by atoms with Crippen LogP contribution in [-0.4, -0.2) is 5.60 Å². The van der Waals surface area contributed by atoms with Gasteiger partial charge in [0.1, 0.15) is 17.2 Å². The molecule has 1 aromatic carbocycles. The Morgan fingerprint density at radius 3 is 2.94 bits per heavy atom. The molecule has 3 unspecified atom stereocenters. The van der Waals surface area contributed by atoms with E-state index in [-0.39, 0.29) is 17.5 Å². The van der Waals surface area contributed by atoms with Gasteiger partial charge in [-0.2, -0.15) is 0 Å². The summed E-state index contributed by atoms with van der Waals surface area (Å²) in [6.45, 7) is 2.25. The van der Waals surface area contributed by atoms with Crippen LogP contribution in [-0.2, 0) is 0 Å². The van der Waals surface area contributed by atoms with Crippen molar-refractivity contribution in [2.45, 2.75) is 44.2 Å². The molecule has 0 bridgehead atoms. The minimum Gasteiger partial charge on any atom is -0.487 e. The van der Waals surface area contributed by atoms with E-state index >= 15 is 0 Å². The van der Waals surface area contributed by atoms with E-state index in [2.05, 4.69) is 6.92 Å². The topological polar surface area (TPSA) is 35.2 Å². The van der Waals surface area contributed by atoms with Crippen molar-refractivity contribution in [1.82, 2.24) is 0 Å². The molecule has 1 spiro atoms. The molecule has 0 saturated heterocycles. The molecule has 2 aliphatic rings. The number of fused-ring (bicyclic) bond motifs is 1. The lowest BCUT2D eigenvalue weighted by Gasteiger charge is -2.39. The second kappa shape index (κ2) is 3.70. The summed E-state index contributed by atoms with van der Waals surface area (Å²) in [6, 6.07) is 4.57. The van der Waals surface area contributed by atoms with Crippen molar-refractivity contribution in [2.24, 2.45) is 11.7 Å². The number of halogens is 1. The first-order valence-corrected chi connectivity index (χ1v) is 6.32. The largest absolute Gasteiger partial charge is 0.487 e. The smallest absolute Gasteiger partial charge is 0.125 e. The van der Waals surface area contributed by atoms with Gasteiger partial charge < -0.3 is 10.5 Å². The fourth-order valence-electron chi connectivity index (χ4n) is 3.31. The van der Waals surface area contributed by atoms with Crippen molar-refractivity contribution in [3.63, 3.8) is 0 Å². The van der Waals surface area contributed by atoms with E-state index in [1.165, 1.54) is 18.6 Å². The molecular formula is C14H18FNO. The molecule has 0 radical (unpaired) electrons. The van der Waals surface area contributed by atoms with Gasteiger partial charge in [-0.3, -0.25) is 0 Å². The number of nitrogens with two attached hydrogens (primary N) is 1. The minimum absolute atomic E-state index is 0.0936. The zero-order chi connectivity index (χ0) is 12.0. The highest BCUT2D eigenvalue weighted by Crippen LogP contribution is 2.48. The average molecular weight is 235 g/mol. The first kappa shape index (κ1) is 11.0. The third-order valence-electron chi connectivity index (χ3n) is 4.10. The Labute approximate surface area is 101 Å². The summed E-state index contributed by atoms with van der Waals surface area (Å²) >= 11 is 0. The van der Waals surface area contributed by atoms with E-state index in [1.807, 2.05) is 0 Å². The number of hydrogen-bond donors (Lipinski definition) is 1. The van der Waals surface area contributed by atoms with Gasteiger partial charge >= 0.3 is 0 Å². The monoisotopic (exact) mass is 235 g/mol. The lowest BCUT2D eigenvalue weighted by molar-refractivity contribution is 0.0391. The molecule has 2 N–H and O–H groups in total. The maximum Gasteiger partial charge on any atom is 0.125 e. The van der Waals surface area contributed by atoms with Crippen molar-refractivity contribution in [3.8, 4) is 5.75 Å². The molecule has 1 fully saturated rings. The molecule has 2 nitrogen and oxygen atoms in total. The number of hydrogen-bond acceptors (Lipinski definition) is 2. The van der Waals surface area contributed by atoms with Gasteiger partial charge in [-0.15, -0.1) is 0 Å². The van der Waals surface area contributed by atoms with Crippen LogP contribution in [0.25, 0.3) is 0 Å². The second-order valence-electron chi connectivity index (χ2n) is 5.63. The minimum atomic E-state index is -0.237. The second-order valence-corrected chi connectivity index (χ2v) is 5.63. The van der Waals surface area contributed by atoms with Crippen LogP contribution in [0.2, 0.25) is 0 Å². The molecule has 3 rings (SSSR count). The molecule has 3 heteroatoms. The van der Waals surface area contributed by atoms with Gasteiger partial charge in [0.05, 0.1) is 0 Å². The van der Waals surface area contributed by atoms with Crippen LogP contribution in [0.5, 0.6) is 5.75 Å². The van der Waals surface area contributed by atoms with E-state index in [9.17, 15) is 4.39 Å². The van der Waals surface area contributed by atoms with E-state index in [1.54, 1.807) is 6.07 Å². The number of rotatable bonds is 0. The van der Waals surface area contributed by atoms with E-state index in [4.69, 9.17) is 10.5 Å². The van der Waals surface area contributed by atoms with Crippen molar-refractivity contribution in [2.75, 3.05) is 0 Å². The van der Waals surface area contributed by atoms with Gasteiger partial charge in [-0.25, -0.2) is 4.39 Å². The molecule has 0 aromatic heterocycles. The Hall–Kier alpha value is -1.09.